The molecule has 0 spiro atoms. The summed E-state index contributed by atoms with van der Waals surface area (Å²) in [6, 6.07) is 8.18. The number of hydrogen-bond donors (Lipinski definition) is 2. The lowest BCUT2D eigenvalue weighted by Crippen LogP contribution is -2.38. The molecule has 1 unspecified atom stereocenters. The Balaban J connectivity index is 0.00000128. The fourth-order valence-electron chi connectivity index (χ4n) is 1.80. The molecule has 3 N–H and O–H groups in total. The number of aliphatic imine (C=N–C) groups is 1. The Morgan fingerprint density at radius 1 is 1.44 bits per heavy atom. The van der Waals surface area contributed by atoms with Crippen LogP contribution in [0.15, 0.2) is 29.3 Å². The van der Waals surface area contributed by atoms with E-state index < -0.39 is 0 Å². The number of benzene rings is 1. The Morgan fingerprint density at radius 2 is 2.19 bits per heavy atom. The third-order valence-corrected chi connectivity index (χ3v) is 2.54. The minimum absolute atomic E-state index is 0. The van der Waals surface area contributed by atoms with Crippen LogP contribution in [-0.4, -0.2) is 19.6 Å². The highest BCUT2D eigenvalue weighted by molar-refractivity contribution is 5.85. The molecule has 0 amide bonds. The summed E-state index contributed by atoms with van der Waals surface area (Å²) in [6.07, 6.45) is 0.946. The van der Waals surface area contributed by atoms with Crippen molar-refractivity contribution >= 4 is 18.4 Å². The van der Waals surface area contributed by atoms with Crippen molar-refractivity contribution in [3.8, 4) is 5.75 Å². The van der Waals surface area contributed by atoms with Crippen molar-refractivity contribution in [2.45, 2.75) is 12.5 Å². The van der Waals surface area contributed by atoms with Crippen LogP contribution in [0.2, 0.25) is 0 Å². The van der Waals surface area contributed by atoms with Crippen LogP contribution < -0.4 is 15.8 Å². The molecule has 88 valence electrons. The van der Waals surface area contributed by atoms with Crippen LogP contribution in [0.3, 0.4) is 0 Å². The van der Waals surface area contributed by atoms with E-state index in [0.29, 0.717) is 5.96 Å². The van der Waals surface area contributed by atoms with Crippen molar-refractivity contribution in [1.82, 2.24) is 5.32 Å². The zero-order valence-electron chi connectivity index (χ0n) is 9.14. The molecule has 1 aliphatic heterocycles. The van der Waals surface area contributed by atoms with Gasteiger partial charge in [0.2, 0.25) is 0 Å². The monoisotopic (exact) mass is 241 g/mol. The molecule has 2 rings (SSSR count). The first kappa shape index (κ1) is 12.6. The first-order valence-corrected chi connectivity index (χ1v) is 5.00. The summed E-state index contributed by atoms with van der Waals surface area (Å²) in [5, 5.41) is 3.16. The van der Waals surface area contributed by atoms with E-state index in [-0.39, 0.29) is 18.4 Å². The van der Waals surface area contributed by atoms with Crippen molar-refractivity contribution < 1.29 is 4.74 Å². The average Bonchev–Trinajstić information content (AvgIpc) is 2.29. The number of guanidine groups is 1. The summed E-state index contributed by atoms with van der Waals surface area (Å²) in [4.78, 5) is 4.10. The maximum absolute atomic E-state index is 5.65. The molecule has 1 atom stereocenters. The zero-order valence-corrected chi connectivity index (χ0v) is 9.96. The summed E-state index contributed by atoms with van der Waals surface area (Å²) < 4.78 is 5.31. The van der Waals surface area contributed by atoms with E-state index in [9.17, 15) is 0 Å². The lowest BCUT2D eigenvalue weighted by Gasteiger charge is -2.24. The number of nitrogens with zero attached hydrogens (tertiary/aromatic N) is 1. The van der Waals surface area contributed by atoms with Gasteiger partial charge in [-0.05, 0) is 12.5 Å². The highest BCUT2D eigenvalue weighted by atomic mass is 35.5. The minimum Gasteiger partial charge on any atom is -0.496 e. The quantitative estimate of drug-likeness (QED) is 0.824. The summed E-state index contributed by atoms with van der Waals surface area (Å²) in [6.45, 7) is 0.765. The predicted molar refractivity (Wildman–Crippen MR) is 67.2 cm³/mol. The normalized spacial score (nSPS) is 19.1. The third kappa shape index (κ3) is 2.58. The number of para-hydroxylation sites is 1. The molecule has 0 saturated heterocycles. The Morgan fingerprint density at radius 3 is 2.88 bits per heavy atom. The van der Waals surface area contributed by atoms with Gasteiger partial charge in [0.05, 0.1) is 13.2 Å². The van der Waals surface area contributed by atoms with E-state index in [0.717, 1.165) is 24.3 Å². The van der Waals surface area contributed by atoms with E-state index in [1.54, 1.807) is 7.11 Å². The SMILES string of the molecule is COc1ccccc1C1CCN=C(N)N1.Cl. The van der Waals surface area contributed by atoms with Gasteiger partial charge in [0.25, 0.3) is 0 Å². The van der Waals surface area contributed by atoms with Crippen LogP contribution in [0.4, 0.5) is 0 Å². The van der Waals surface area contributed by atoms with E-state index in [1.165, 1.54) is 0 Å². The second-order valence-corrected chi connectivity index (χ2v) is 3.49. The summed E-state index contributed by atoms with van der Waals surface area (Å²) in [5.74, 6) is 1.40. The minimum atomic E-state index is 0. The largest absolute Gasteiger partial charge is 0.496 e. The highest BCUT2D eigenvalue weighted by Crippen LogP contribution is 2.27. The van der Waals surface area contributed by atoms with Gasteiger partial charge in [-0.1, -0.05) is 18.2 Å². The van der Waals surface area contributed by atoms with Crippen molar-refractivity contribution in [3.63, 3.8) is 0 Å². The average molecular weight is 242 g/mol. The second-order valence-electron chi connectivity index (χ2n) is 3.49. The lowest BCUT2D eigenvalue weighted by molar-refractivity contribution is 0.400. The van der Waals surface area contributed by atoms with Crippen LogP contribution in [-0.2, 0) is 0 Å². The number of ether oxygens (including phenoxy) is 1. The molecule has 0 fully saturated rings. The van der Waals surface area contributed by atoms with Crippen molar-refractivity contribution in [2.24, 2.45) is 10.7 Å². The van der Waals surface area contributed by atoms with E-state index in [2.05, 4.69) is 16.4 Å². The Labute approximate surface area is 101 Å². The maximum atomic E-state index is 5.65. The number of methoxy groups -OCH3 is 1. The first-order valence-electron chi connectivity index (χ1n) is 5.00. The molecule has 16 heavy (non-hydrogen) atoms. The van der Waals surface area contributed by atoms with Crippen LogP contribution in [0.5, 0.6) is 5.75 Å². The third-order valence-electron chi connectivity index (χ3n) is 2.54. The fraction of sp³-hybridized carbons (Fsp3) is 0.364. The van der Waals surface area contributed by atoms with Gasteiger partial charge in [-0.2, -0.15) is 0 Å². The second kappa shape index (κ2) is 5.61. The Bertz CT molecular complexity index is 381. The van der Waals surface area contributed by atoms with Gasteiger partial charge in [-0.25, -0.2) is 0 Å². The van der Waals surface area contributed by atoms with Gasteiger partial charge in [0, 0.05) is 12.1 Å². The molecule has 0 aromatic heterocycles. The topological polar surface area (TPSA) is 59.6 Å². The van der Waals surface area contributed by atoms with Crippen molar-refractivity contribution in [3.05, 3.63) is 29.8 Å². The zero-order chi connectivity index (χ0) is 10.7. The molecule has 1 heterocycles. The van der Waals surface area contributed by atoms with Crippen LogP contribution >= 0.6 is 12.4 Å². The van der Waals surface area contributed by atoms with Crippen LogP contribution in [0.1, 0.15) is 18.0 Å². The lowest BCUT2D eigenvalue weighted by atomic mass is 10.0. The van der Waals surface area contributed by atoms with E-state index >= 15 is 0 Å². The van der Waals surface area contributed by atoms with Gasteiger partial charge >= 0.3 is 0 Å². The maximum Gasteiger partial charge on any atom is 0.189 e. The molecule has 1 aromatic rings. The number of nitrogens with one attached hydrogen (secondary N) is 1. The van der Waals surface area contributed by atoms with Gasteiger partial charge in [0.15, 0.2) is 5.96 Å². The number of rotatable bonds is 2. The number of halogens is 1. The summed E-state index contributed by atoms with van der Waals surface area (Å²) >= 11 is 0. The van der Waals surface area contributed by atoms with Crippen LogP contribution in [0, 0.1) is 0 Å². The van der Waals surface area contributed by atoms with Gasteiger partial charge < -0.3 is 15.8 Å². The first-order chi connectivity index (χ1) is 7.31. The van der Waals surface area contributed by atoms with Crippen molar-refractivity contribution in [2.75, 3.05) is 13.7 Å². The highest BCUT2D eigenvalue weighted by Gasteiger charge is 2.18. The van der Waals surface area contributed by atoms with Gasteiger partial charge in [-0.15, -0.1) is 12.4 Å². The van der Waals surface area contributed by atoms with E-state index in [4.69, 9.17) is 10.5 Å². The smallest absolute Gasteiger partial charge is 0.189 e. The Kier molecular flexibility index (Phi) is 4.43. The number of hydrogen-bond acceptors (Lipinski definition) is 4. The molecular formula is C11H16ClN3O. The fourth-order valence-corrected chi connectivity index (χ4v) is 1.80. The van der Waals surface area contributed by atoms with Gasteiger partial charge in [-0.3, -0.25) is 4.99 Å². The molecular weight excluding hydrogens is 226 g/mol. The number of nitrogens with two attached hydrogens (primary N) is 1. The molecule has 0 aliphatic carbocycles. The predicted octanol–water partition coefficient (Wildman–Crippen LogP) is 1.47. The summed E-state index contributed by atoms with van der Waals surface area (Å²) in [7, 11) is 1.68. The molecule has 4 nitrogen and oxygen atoms in total. The standard InChI is InChI=1S/C11H15N3O.ClH/c1-15-10-5-3-2-4-8(10)9-6-7-13-11(12)14-9;/h2-5,9H,6-7H2,1H3,(H3,12,13,14);1H. The summed E-state index contributed by atoms with van der Waals surface area (Å²) in [5.41, 5.74) is 6.79. The molecule has 0 saturated carbocycles. The molecule has 5 heteroatoms. The van der Waals surface area contributed by atoms with Crippen LogP contribution in [0.25, 0.3) is 0 Å². The Hall–Kier alpha value is -1.42. The van der Waals surface area contributed by atoms with Crippen molar-refractivity contribution in [1.29, 1.82) is 0 Å². The molecule has 1 aliphatic rings. The molecule has 0 bridgehead atoms. The molecule has 1 aromatic carbocycles. The van der Waals surface area contributed by atoms with E-state index in [1.807, 2.05) is 18.2 Å². The molecule has 0 radical (unpaired) electrons. The van der Waals surface area contributed by atoms with Gasteiger partial charge in [0.1, 0.15) is 5.75 Å².